The predicted molar refractivity (Wildman–Crippen MR) is 99.1 cm³/mol. The summed E-state index contributed by atoms with van der Waals surface area (Å²) in [4.78, 5) is 4.73. The molecule has 122 valence electrons. The van der Waals surface area contributed by atoms with Crippen LogP contribution in [0.25, 0.3) is 11.3 Å². The van der Waals surface area contributed by atoms with Crippen molar-refractivity contribution in [3.8, 4) is 11.3 Å². The molecule has 0 radical (unpaired) electrons. The van der Waals surface area contributed by atoms with Crippen LogP contribution >= 0.6 is 0 Å². The monoisotopic (exact) mass is 318 g/mol. The van der Waals surface area contributed by atoms with E-state index in [2.05, 4.69) is 46.3 Å². The highest BCUT2D eigenvalue weighted by atomic mass is 15.1. The molecule has 0 atom stereocenters. The maximum Gasteiger partial charge on any atom is 0.0959 e. The van der Waals surface area contributed by atoms with Crippen molar-refractivity contribution < 1.29 is 0 Å². The average molecular weight is 318 g/mol. The van der Waals surface area contributed by atoms with Crippen molar-refractivity contribution >= 4 is 11.4 Å². The minimum atomic E-state index is 0.639. The van der Waals surface area contributed by atoms with Gasteiger partial charge >= 0.3 is 0 Å². The van der Waals surface area contributed by atoms with Crippen molar-refractivity contribution in [2.24, 2.45) is 0 Å². The maximum absolute atomic E-state index is 5.98. The van der Waals surface area contributed by atoms with Crippen LogP contribution in [0.15, 0.2) is 54.9 Å². The molecule has 0 amide bonds. The highest BCUT2D eigenvalue weighted by Crippen LogP contribution is 2.44. The molecule has 4 nitrogen and oxygen atoms in total. The highest BCUT2D eigenvalue weighted by molar-refractivity contribution is 5.67. The van der Waals surface area contributed by atoms with E-state index in [0.29, 0.717) is 5.92 Å². The number of nitrogens with zero attached hydrogens (tertiary/aromatic N) is 2. The average Bonchev–Trinajstić information content (AvgIpc) is 3.37. The van der Waals surface area contributed by atoms with Crippen LogP contribution in [-0.4, -0.2) is 16.6 Å². The Morgan fingerprint density at radius 3 is 2.67 bits per heavy atom. The van der Waals surface area contributed by atoms with Gasteiger partial charge in [-0.25, -0.2) is 4.98 Å². The van der Waals surface area contributed by atoms with Crippen molar-refractivity contribution in [1.29, 1.82) is 0 Å². The highest BCUT2D eigenvalue weighted by Gasteiger charge is 2.30. The van der Waals surface area contributed by atoms with Gasteiger partial charge in [-0.15, -0.1) is 0 Å². The van der Waals surface area contributed by atoms with E-state index >= 15 is 0 Å². The molecular weight excluding hydrogens is 296 g/mol. The van der Waals surface area contributed by atoms with Crippen LogP contribution < -0.4 is 11.1 Å². The van der Waals surface area contributed by atoms with E-state index in [1.165, 1.54) is 29.7 Å². The molecule has 0 aliphatic heterocycles. The van der Waals surface area contributed by atoms with Gasteiger partial charge in [0.05, 0.1) is 23.4 Å². The third-order valence-electron chi connectivity index (χ3n) is 4.63. The predicted octanol–water partition coefficient (Wildman–Crippen LogP) is 4.10. The normalized spacial score (nSPS) is 13.9. The Bertz CT molecular complexity index is 847. The van der Waals surface area contributed by atoms with E-state index in [4.69, 9.17) is 10.7 Å². The van der Waals surface area contributed by atoms with E-state index in [9.17, 15) is 0 Å². The second kappa shape index (κ2) is 6.04. The van der Waals surface area contributed by atoms with Gasteiger partial charge in [-0.2, -0.15) is 0 Å². The lowest BCUT2D eigenvalue weighted by Gasteiger charge is -2.12. The molecule has 3 aromatic rings. The molecule has 24 heavy (non-hydrogen) atoms. The molecule has 0 bridgehead atoms. The number of imidazole rings is 1. The lowest BCUT2D eigenvalue weighted by atomic mass is 10.1. The van der Waals surface area contributed by atoms with Gasteiger partial charge in [0.1, 0.15) is 0 Å². The van der Waals surface area contributed by atoms with Crippen LogP contribution in [0.2, 0.25) is 0 Å². The van der Waals surface area contributed by atoms with Crippen LogP contribution in [0.4, 0.5) is 11.4 Å². The third kappa shape index (κ3) is 2.75. The minimum absolute atomic E-state index is 0.639. The second-order valence-electron chi connectivity index (χ2n) is 6.42. The van der Waals surface area contributed by atoms with Gasteiger partial charge in [0.25, 0.3) is 0 Å². The number of hydrogen-bond acceptors (Lipinski definition) is 3. The first-order valence-electron chi connectivity index (χ1n) is 8.43. The Labute approximate surface area is 142 Å². The molecule has 1 fully saturated rings. The Kier molecular flexibility index (Phi) is 3.73. The quantitative estimate of drug-likeness (QED) is 0.696. The zero-order valence-electron chi connectivity index (χ0n) is 13.9. The number of hydrogen-bond donors (Lipinski definition) is 2. The lowest BCUT2D eigenvalue weighted by Crippen LogP contribution is -2.04. The molecule has 4 heteroatoms. The topological polar surface area (TPSA) is 55.9 Å². The largest absolute Gasteiger partial charge is 0.397 e. The van der Waals surface area contributed by atoms with Crippen LogP contribution in [0.5, 0.6) is 0 Å². The van der Waals surface area contributed by atoms with E-state index in [1.54, 1.807) is 0 Å². The van der Waals surface area contributed by atoms with E-state index in [-0.39, 0.29) is 0 Å². The summed E-state index contributed by atoms with van der Waals surface area (Å²) in [6, 6.07) is 16.7. The molecule has 1 aliphatic carbocycles. The first kappa shape index (κ1) is 14.8. The van der Waals surface area contributed by atoms with Crippen molar-refractivity contribution in [3.63, 3.8) is 0 Å². The molecule has 4 rings (SSSR count). The molecule has 3 N–H and O–H groups in total. The van der Waals surface area contributed by atoms with Gasteiger partial charge < -0.3 is 15.6 Å². The number of nitrogen functional groups attached to an aromatic ring is 1. The summed E-state index contributed by atoms with van der Waals surface area (Å²) in [6.07, 6.45) is 4.50. The second-order valence-corrected chi connectivity index (χ2v) is 6.42. The Morgan fingerprint density at radius 2 is 1.96 bits per heavy atom. The van der Waals surface area contributed by atoms with Crippen LogP contribution in [-0.2, 0) is 6.54 Å². The molecule has 1 saturated carbocycles. The van der Waals surface area contributed by atoms with Crippen molar-refractivity contribution in [2.75, 3.05) is 18.1 Å². The van der Waals surface area contributed by atoms with Crippen LogP contribution in [0.1, 0.15) is 30.0 Å². The molecule has 0 unspecified atom stereocenters. The number of benzene rings is 2. The fourth-order valence-electron chi connectivity index (χ4n) is 3.24. The molecule has 1 aliphatic rings. The van der Waals surface area contributed by atoms with Gasteiger partial charge in [0.2, 0.25) is 0 Å². The van der Waals surface area contributed by atoms with E-state index in [1.807, 2.05) is 25.5 Å². The molecule has 1 heterocycles. The zero-order chi connectivity index (χ0) is 16.5. The molecule has 0 spiro atoms. The molecule has 2 aromatic carbocycles. The summed E-state index contributed by atoms with van der Waals surface area (Å²) < 4.78 is 2.30. The Morgan fingerprint density at radius 1 is 1.17 bits per heavy atom. The van der Waals surface area contributed by atoms with Gasteiger partial charge in [0.15, 0.2) is 0 Å². The van der Waals surface area contributed by atoms with Gasteiger partial charge in [0, 0.05) is 30.8 Å². The summed E-state index contributed by atoms with van der Waals surface area (Å²) in [5.74, 6) is 0.639. The molecule has 0 saturated heterocycles. The summed E-state index contributed by atoms with van der Waals surface area (Å²) in [6.45, 7) is 0.820. The summed E-state index contributed by atoms with van der Waals surface area (Å²) in [5, 5.41) is 3.15. The van der Waals surface area contributed by atoms with Crippen molar-refractivity contribution in [1.82, 2.24) is 9.55 Å². The third-order valence-corrected chi connectivity index (χ3v) is 4.63. The first-order valence-corrected chi connectivity index (χ1v) is 8.43. The molecule has 1 aromatic heterocycles. The summed E-state index contributed by atoms with van der Waals surface area (Å²) >= 11 is 0. The van der Waals surface area contributed by atoms with Crippen LogP contribution in [0.3, 0.4) is 0 Å². The standard InChI is InChI=1S/C20H22N4/c1-22-18-11-14(7-10-17(18)21)12-24-13-23-19(20(24)16-8-9-16)15-5-3-2-4-6-15/h2-7,10-11,13,16,22H,8-9,12,21H2,1H3. The fraction of sp³-hybridized carbons (Fsp3) is 0.250. The maximum atomic E-state index is 5.98. The van der Waals surface area contributed by atoms with Crippen molar-refractivity contribution in [3.05, 3.63) is 66.1 Å². The van der Waals surface area contributed by atoms with Gasteiger partial charge in [-0.05, 0) is 30.5 Å². The molecular formula is C20H22N4. The number of nitrogens with one attached hydrogen (secondary N) is 1. The Balaban J connectivity index is 1.70. The number of anilines is 2. The van der Waals surface area contributed by atoms with Gasteiger partial charge in [-0.3, -0.25) is 0 Å². The summed E-state index contributed by atoms with van der Waals surface area (Å²) in [5.41, 5.74) is 12.7. The fourth-order valence-corrected chi connectivity index (χ4v) is 3.24. The number of aromatic nitrogens is 2. The number of nitrogens with two attached hydrogens (primary N) is 1. The van der Waals surface area contributed by atoms with Gasteiger partial charge in [-0.1, -0.05) is 36.4 Å². The van der Waals surface area contributed by atoms with Crippen molar-refractivity contribution in [2.45, 2.75) is 25.3 Å². The lowest BCUT2D eigenvalue weighted by molar-refractivity contribution is 0.743. The summed E-state index contributed by atoms with van der Waals surface area (Å²) in [7, 11) is 1.90. The SMILES string of the molecule is CNc1cc(Cn2cnc(-c3ccccc3)c2C2CC2)ccc1N. The number of rotatable bonds is 5. The zero-order valence-corrected chi connectivity index (χ0v) is 13.9. The first-order chi connectivity index (χ1) is 11.8. The Hall–Kier alpha value is -2.75. The smallest absolute Gasteiger partial charge is 0.0959 e. The minimum Gasteiger partial charge on any atom is -0.397 e. The van der Waals surface area contributed by atoms with E-state index in [0.717, 1.165) is 23.6 Å². The van der Waals surface area contributed by atoms with E-state index < -0.39 is 0 Å². The van der Waals surface area contributed by atoms with Crippen LogP contribution in [0, 0.1) is 0 Å².